The van der Waals surface area contributed by atoms with E-state index in [1.165, 1.54) is 33.5 Å². The highest BCUT2D eigenvalue weighted by Crippen LogP contribution is 2.34. The average molecular weight is 388 g/mol. The van der Waals surface area contributed by atoms with Gasteiger partial charge >= 0.3 is 0 Å². The third kappa shape index (κ3) is 5.29. The molecular weight excluding hydrogens is 364 g/mol. The number of carbonyl (C=O) groups is 2. The number of rotatable bonds is 7. The Morgan fingerprint density at radius 1 is 0.786 bits per heavy atom. The molecule has 2 amide bonds. The van der Waals surface area contributed by atoms with Gasteiger partial charge in [0.05, 0.1) is 26.9 Å². The van der Waals surface area contributed by atoms with Crippen LogP contribution >= 0.6 is 0 Å². The Labute approximate surface area is 163 Å². The van der Waals surface area contributed by atoms with E-state index in [4.69, 9.17) is 18.9 Å². The van der Waals surface area contributed by atoms with Crippen molar-refractivity contribution in [2.24, 2.45) is 0 Å². The quantitative estimate of drug-likeness (QED) is 0.706. The molecule has 2 rings (SSSR count). The summed E-state index contributed by atoms with van der Waals surface area (Å²) in [5.41, 5.74) is 6.87. The van der Waals surface area contributed by atoms with E-state index in [0.717, 1.165) is 11.1 Å². The zero-order valence-electron chi connectivity index (χ0n) is 16.5. The Bertz CT molecular complexity index is 846. The fraction of sp³-hybridized carbons (Fsp3) is 0.300. The molecule has 0 saturated heterocycles. The molecule has 0 radical (unpaired) electrons. The van der Waals surface area contributed by atoms with Gasteiger partial charge in [-0.05, 0) is 37.1 Å². The molecular formula is C20H24N2O6. The third-order valence-electron chi connectivity index (χ3n) is 3.83. The van der Waals surface area contributed by atoms with Gasteiger partial charge in [-0.1, -0.05) is 6.07 Å². The van der Waals surface area contributed by atoms with Crippen molar-refractivity contribution in [3.63, 3.8) is 0 Å². The number of hydrogen-bond donors (Lipinski definition) is 2. The van der Waals surface area contributed by atoms with Crippen LogP contribution in [-0.4, -0.2) is 39.8 Å². The number of amides is 2. The second-order valence-electron chi connectivity index (χ2n) is 6.02. The summed E-state index contributed by atoms with van der Waals surface area (Å²) in [6.07, 6.45) is 0. The maximum absolute atomic E-state index is 12.4. The largest absolute Gasteiger partial charge is 0.496 e. The van der Waals surface area contributed by atoms with Gasteiger partial charge in [0.15, 0.2) is 18.1 Å². The first-order valence-corrected chi connectivity index (χ1v) is 8.48. The zero-order valence-corrected chi connectivity index (χ0v) is 16.5. The Morgan fingerprint density at radius 3 is 1.93 bits per heavy atom. The monoisotopic (exact) mass is 388 g/mol. The van der Waals surface area contributed by atoms with Crippen LogP contribution in [0.1, 0.15) is 21.5 Å². The summed E-state index contributed by atoms with van der Waals surface area (Å²) < 4.78 is 21.0. The summed E-state index contributed by atoms with van der Waals surface area (Å²) >= 11 is 0. The fourth-order valence-corrected chi connectivity index (χ4v) is 2.60. The van der Waals surface area contributed by atoms with Crippen molar-refractivity contribution >= 4 is 11.8 Å². The van der Waals surface area contributed by atoms with Crippen molar-refractivity contribution in [1.82, 2.24) is 10.9 Å². The van der Waals surface area contributed by atoms with E-state index in [0.29, 0.717) is 17.2 Å². The van der Waals surface area contributed by atoms with Crippen molar-refractivity contribution in [2.75, 3.05) is 27.9 Å². The summed E-state index contributed by atoms with van der Waals surface area (Å²) in [5.74, 6) is 0.556. The number of hydrazine groups is 1. The van der Waals surface area contributed by atoms with E-state index in [2.05, 4.69) is 10.9 Å². The summed E-state index contributed by atoms with van der Waals surface area (Å²) in [4.78, 5) is 24.4. The zero-order chi connectivity index (χ0) is 20.7. The SMILES string of the molecule is COc1cc(OC)c(C(=O)NNC(=O)COc2cc(C)cc(C)c2)cc1OC. The maximum Gasteiger partial charge on any atom is 0.276 e. The van der Waals surface area contributed by atoms with Gasteiger partial charge in [-0.2, -0.15) is 0 Å². The lowest BCUT2D eigenvalue weighted by atomic mass is 10.1. The van der Waals surface area contributed by atoms with Crippen molar-refractivity contribution in [2.45, 2.75) is 13.8 Å². The predicted molar refractivity (Wildman–Crippen MR) is 103 cm³/mol. The molecule has 150 valence electrons. The molecule has 8 heteroatoms. The number of carbonyl (C=O) groups excluding carboxylic acids is 2. The smallest absolute Gasteiger partial charge is 0.276 e. The molecule has 0 heterocycles. The molecule has 0 aliphatic carbocycles. The van der Waals surface area contributed by atoms with Gasteiger partial charge in [0.2, 0.25) is 0 Å². The molecule has 0 fully saturated rings. The lowest BCUT2D eigenvalue weighted by molar-refractivity contribution is -0.123. The second kappa shape index (κ2) is 9.50. The predicted octanol–water partition coefficient (Wildman–Crippen LogP) is 2.17. The van der Waals surface area contributed by atoms with Crippen LogP contribution in [0.4, 0.5) is 0 Å². The standard InChI is InChI=1S/C20H24N2O6/c1-12-6-13(2)8-14(7-12)28-11-19(23)21-22-20(24)15-9-17(26-4)18(27-5)10-16(15)25-3/h6-10H,11H2,1-5H3,(H,21,23)(H,22,24). The van der Waals surface area contributed by atoms with Crippen LogP contribution in [0.15, 0.2) is 30.3 Å². The topological polar surface area (TPSA) is 95.1 Å². The lowest BCUT2D eigenvalue weighted by Crippen LogP contribution is -2.43. The Morgan fingerprint density at radius 2 is 1.36 bits per heavy atom. The van der Waals surface area contributed by atoms with Gasteiger partial charge in [-0.3, -0.25) is 20.4 Å². The minimum Gasteiger partial charge on any atom is -0.496 e. The molecule has 0 atom stereocenters. The van der Waals surface area contributed by atoms with Crippen LogP contribution in [0.5, 0.6) is 23.0 Å². The maximum atomic E-state index is 12.4. The van der Waals surface area contributed by atoms with Crippen molar-refractivity contribution < 1.29 is 28.5 Å². The van der Waals surface area contributed by atoms with Crippen LogP contribution in [-0.2, 0) is 4.79 Å². The molecule has 0 unspecified atom stereocenters. The first-order chi connectivity index (χ1) is 13.4. The number of ether oxygens (including phenoxy) is 4. The molecule has 2 aromatic carbocycles. The molecule has 0 saturated carbocycles. The first-order valence-electron chi connectivity index (χ1n) is 8.48. The average Bonchev–Trinajstić information content (AvgIpc) is 2.68. The van der Waals surface area contributed by atoms with Crippen molar-refractivity contribution in [3.05, 3.63) is 47.0 Å². The molecule has 2 aromatic rings. The molecule has 0 spiro atoms. The van der Waals surface area contributed by atoms with Gasteiger partial charge < -0.3 is 18.9 Å². The Kier molecular flexibility index (Phi) is 7.08. The number of aryl methyl sites for hydroxylation is 2. The Balaban J connectivity index is 1.98. The summed E-state index contributed by atoms with van der Waals surface area (Å²) in [6.45, 7) is 3.64. The minimum absolute atomic E-state index is 0.177. The normalized spacial score (nSPS) is 10.0. The van der Waals surface area contributed by atoms with Gasteiger partial charge in [-0.15, -0.1) is 0 Å². The van der Waals surface area contributed by atoms with Gasteiger partial charge in [0, 0.05) is 12.1 Å². The fourth-order valence-electron chi connectivity index (χ4n) is 2.60. The van der Waals surface area contributed by atoms with E-state index >= 15 is 0 Å². The van der Waals surface area contributed by atoms with E-state index in [1.54, 1.807) is 0 Å². The second-order valence-corrected chi connectivity index (χ2v) is 6.02. The lowest BCUT2D eigenvalue weighted by Gasteiger charge is -2.14. The molecule has 0 aromatic heterocycles. The van der Waals surface area contributed by atoms with E-state index in [-0.39, 0.29) is 17.9 Å². The summed E-state index contributed by atoms with van der Waals surface area (Å²) in [5, 5.41) is 0. The number of nitrogens with one attached hydrogen (secondary N) is 2. The highest BCUT2D eigenvalue weighted by Gasteiger charge is 2.18. The van der Waals surface area contributed by atoms with Crippen LogP contribution in [0, 0.1) is 13.8 Å². The van der Waals surface area contributed by atoms with Crippen LogP contribution in [0.2, 0.25) is 0 Å². The van der Waals surface area contributed by atoms with Crippen molar-refractivity contribution in [3.8, 4) is 23.0 Å². The minimum atomic E-state index is -0.572. The molecule has 0 aliphatic heterocycles. The summed E-state index contributed by atoms with van der Waals surface area (Å²) in [7, 11) is 4.36. The van der Waals surface area contributed by atoms with Gasteiger partial charge in [0.25, 0.3) is 11.8 Å². The van der Waals surface area contributed by atoms with Crippen LogP contribution in [0.25, 0.3) is 0 Å². The third-order valence-corrected chi connectivity index (χ3v) is 3.83. The van der Waals surface area contributed by atoms with E-state index in [1.807, 2.05) is 32.0 Å². The Hall–Kier alpha value is -3.42. The van der Waals surface area contributed by atoms with Crippen LogP contribution < -0.4 is 29.8 Å². The molecule has 0 aliphatic rings. The molecule has 8 nitrogen and oxygen atoms in total. The van der Waals surface area contributed by atoms with Gasteiger partial charge in [0.1, 0.15) is 11.5 Å². The number of hydrogen-bond acceptors (Lipinski definition) is 6. The number of benzene rings is 2. The highest BCUT2D eigenvalue weighted by molar-refractivity contribution is 5.98. The van der Waals surface area contributed by atoms with E-state index in [9.17, 15) is 9.59 Å². The molecule has 2 N–H and O–H groups in total. The van der Waals surface area contributed by atoms with Crippen LogP contribution in [0.3, 0.4) is 0 Å². The summed E-state index contributed by atoms with van der Waals surface area (Å²) in [6, 6.07) is 8.65. The highest BCUT2D eigenvalue weighted by atomic mass is 16.5. The van der Waals surface area contributed by atoms with Gasteiger partial charge in [-0.25, -0.2) is 0 Å². The van der Waals surface area contributed by atoms with Crippen molar-refractivity contribution in [1.29, 1.82) is 0 Å². The molecule has 28 heavy (non-hydrogen) atoms. The first kappa shape index (κ1) is 20.9. The van der Waals surface area contributed by atoms with E-state index < -0.39 is 11.8 Å². The molecule has 0 bridgehead atoms. The number of methoxy groups -OCH3 is 3.